The van der Waals surface area contributed by atoms with Gasteiger partial charge in [0, 0.05) is 43.7 Å². The number of alkyl halides is 3. The van der Waals surface area contributed by atoms with Gasteiger partial charge in [-0.2, -0.15) is 18.2 Å². The lowest BCUT2D eigenvalue weighted by molar-refractivity contribution is -0.137. The Labute approximate surface area is 237 Å². The van der Waals surface area contributed by atoms with Crippen molar-refractivity contribution in [1.82, 2.24) is 20.0 Å². The summed E-state index contributed by atoms with van der Waals surface area (Å²) in [4.78, 5) is 26.5. The van der Waals surface area contributed by atoms with Crippen molar-refractivity contribution in [3.63, 3.8) is 0 Å². The monoisotopic (exact) mass is 565 g/mol. The second kappa shape index (κ2) is 10.8. The summed E-state index contributed by atoms with van der Waals surface area (Å²) in [6.45, 7) is 12.4. The van der Waals surface area contributed by atoms with Gasteiger partial charge >= 0.3 is 6.18 Å². The Balaban J connectivity index is 1.45. The van der Waals surface area contributed by atoms with Crippen molar-refractivity contribution in [3.8, 4) is 11.3 Å². The Morgan fingerprint density at radius 2 is 1.63 bits per heavy atom. The number of rotatable bonds is 5. The molecule has 5 rings (SSSR count). The van der Waals surface area contributed by atoms with Gasteiger partial charge in [-0.05, 0) is 41.2 Å². The highest BCUT2D eigenvalue weighted by Crippen LogP contribution is 2.37. The lowest BCUT2D eigenvalue weighted by atomic mass is 9.86. The van der Waals surface area contributed by atoms with Crippen LogP contribution in [0.2, 0.25) is 0 Å². The van der Waals surface area contributed by atoms with E-state index in [2.05, 4.69) is 44.8 Å². The highest BCUT2D eigenvalue weighted by Gasteiger charge is 2.32. The average molecular weight is 566 g/mol. The largest absolute Gasteiger partial charge is 0.416 e. The maximum atomic E-state index is 13.5. The van der Waals surface area contributed by atoms with Crippen molar-refractivity contribution in [3.05, 3.63) is 71.0 Å². The molecule has 0 N–H and O–H groups in total. The fraction of sp³-hybridized carbons (Fsp3) is 0.419. The quantitative estimate of drug-likeness (QED) is 0.266. The Morgan fingerprint density at radius 1 is 0.951 bits per heavy atom. The SMILES string of the molecule is CC(C)Cc1nc(N2CCN(C(=O)c3ccc(C(C)(C)C)cc3)CC2)c2c(-c3cccc(C(F)(F)F)c3)noc2n1. The van der Waals surface area contributed by atoms with Crippen LogP contribution in [0.3, 0.4) is 0 Å². The molecule has 0 radical (unpaired) electrons. The fourth-order valence-electron chi connectivity index (χ4n) is 5.02. The summed E-state index contributed by atoms with van der Waals surface area (Å²) in [5.41, 5.74) is 1.79. The number of piperazine rings is 1. The van der Waals surface area contributed by atoms with E-state index in [4.69, 9.17) is 9.51 Å². The van der Waals surface area contributed by atoms with E-state index in [-0.39, 0.29) is 34.2 Å². The van der Waals surface area contributed by atoms with E-state index in [1.54, 1.807) is 6.07 Å². The maximum absolute atomic E-state index is 13.5. The summed E-state index contributed by atoms with van der Waals surface area (Å²) in [6.07, 6.45) is -3.89. The van der Waals surface area contributed by atoms with Crippen LogP contribution in [-0.4, -0.2) is 52.1 Å². The standard InChI is InChI=1S/C31H34F3N5O2/c1-19(2)17-24-35-27(25-26(37-41-28(25)36-24)21-7-6-8-23(18-21)31(32,33)34)38-13-15-39(16-14-38)29(40)20-9-11-22(12-10-20)30(3,4)5/h6-12,18-19H,13-17H2,1-5H3. The minimum Gasteiger partial charge on any atom is -0.352 e. The van der Waals surface area contributed by atoms with Gasteiger partial charge < -0.3 is 14.3 Å². The topological polar surface area (TPSA) is 75.4 Å². The van der Waals surface area contributed by atoms with E-state index in [1.165, 1.54) is 6.07 Å². The third-order valence-electron chi connectivity index (χ3n) is 7.28. The van der Waals surface area contributed by atoms with Crippen LogP contribution in [0.25, 0.3) is 22.4 Å². The lowest BCUT2D eigenvalue weighted by Gasteiger charge is -2.36. The van der Waals surface area contributed by atoms with Gasteiger partial charge in [0.05, 0.1) is 5.56 Å². The Bertz CT molecular complexity index is 1550. The number of fused-ring (bicyclic) bond motifs is 1. The molecule has 1 fully saturated rings. The Kier molecular flexibility index (Phi) is 7.52. The molecule has 1 amide bonds. The lowest BCUT2D eigenvalue weighted by Crippen LogP contribution is -2.49. The molecular formula is C31H34F3N5O2. The van der Waals surface area contributed by atoms with Crippen molar-refractivity contribution in [1.29, 1.82) is 0 Å². The van der Waals surface area contributed by atoms with Crippen molar-refractivity contribution in [2.45, 2.75) is 52.6 Å². The third-order valence-corrected chi connectivity index (χ3v) is 7.28. The molecule has 1 aliphatic rings. The van der Waals surface area contributed by atoms with Crippen molar-refractivity contribution >= 4 is 22.8 Å². The number of carbonyl (C=O) groups is 1. The molecule has 0 saturated carbocycles. The van der Waals surface area contributed by atoms with Gasteiger partial charge in [0.1, 0.15) is 22.7 Å². The van der Waals surface area contributed by atoms with Crippen molar-refractivity contribution in [2.24, 2.45) is 5.92 Å². The van der Waals surface area contributed by atoms with Crippen LogP contribution in [0, 0.1) is 5.92 Å². The minimum atomic E-state index is -4.49. The zero-order chi connectivity index (χ0) is 29.5. The fourth-order valence-corrected chi connectivity index (χ4v) is 5.02. The summed E-state index contributed by atoms with van der Waals surface area (Å²) in [5, 5.41) is 4.60. The van der Waals surface area contributed by atoms with Gasteiger partial charge in [0.25, 0.3) is 11.6 Å². The minimum absolute atomic E-state index is 0.000636. The van der Waals surface area contributed by atoms with E-state index in [0.717, 1.165) is 17.7 Å². The molecule has 0 atom stereocenters. The van der Waals surface area contributed by atoms with Gasteiger partial charge in [0.2, 0.25) is 0 Å². The van der Waals surface area contributed by atoms with Gasteiger partial charge in [-0.15, -0.1) is 0 Å². The second-order valence-electron chi connectivity index (χ2n) is 12.0. The molecule has 2 aromatic carbocycles. The molecule has 216 valence electrons. The van der Waals surface area contributed by atoms with Gasteiger partial charge in [-0.1, -0.05) is 64.0 Å². The predicted molar refractivity (Wildman–Crippen MR) is 152 cm³/mol. The second-order valence-corrected chi connectivity index (χ2v) is 12.0. The summed E-state index contributed by atoms with van der Waals surface area (Å²) >= 11 is 0. The number of hydrogen-bond acceptors (Lipinski definition) is 6. The number of aromatic nitrogens is 3. The summed E-state index contributed by atoms with van der Waals surface area (Å²) in [5.74, 6) is 1.38. The summed E-state index contributed by atoms with van der Waals surface area (Å²) in [7, 11) is 0. The first-order valence-electron chi connectivity index (χ1n) is 13.8. The van der Waals surface area contributed by atoms with Gasteiger partial charge in [-0.25, -0.2) is 4.98 Å². The predicted octanol–water partition coefficient (Wildman–Crippen LogP) is 6.76. The van der Waals surface area contributed by atoms with Crippen LogP contribution in [-0.2, 0) is 18.0 Å². The molecule has 7 nitrogen and oxygen atoms in total. The van der Waals surface area contributed by atoms with E-state index < -0.39 is 11.7 Å². The number of benzene rings is 2. The molecule has 1 aliphatic heterocycles. The van der Waals surface area contributed by atoms with Crippen molar-refractivity contribution in [2.75, 3.05) is 31.1 Å². The van der Waals surface area contributed by atoms with Crippen LogP contribution >= 0.6 is 0 Å². The highest BCUT2D eigenvalue weighted by atomic mass is 19.4. The van der Waals surface area contributed by atoms with E-state index in [1.807, 2.05) is 34.1 Å². The van der Waals surface area contributed by atoms with Crippen LogP contribution in [0.15, 0.2) is 53.1 Å². The number of halogens is 3. The first-order chi connectivity index (χ1) is 19.3. The molecule has 2 aromatic heterocycles. The van der Waals surface area contributed by atoms with Gasteiger partial charge in [-0.3, -0.25) is 4.79 Å². The normalized spacial score (nSPS) is 14.8. The molecular weight excluding hydrogens is 531 g/mol. The molecule has 0 aliphatic carbocycles. The van der Waals surface area contributed by atoms with Crippen LogP contribution in [0.5, 0.6) is 0 Å². The number of nitrogens with zero attached hydrogens (tertiary/aromatic N) is 5. The molecule has 0 bridgehead atoms. The van der Waals surface area contributed by atoms with Crippen LogP contribution < -0.4 is 4.90 Å². The summed E-state index contributed by atoms with van der Waals surface area (Å²) in [6, 6.07) is 12.8. The Morgan fingerprint density at radius 3 is 2.24 bits per heavy atom. The molecule has 41 heavy (non-hydrogen) atoms. The number of carbonyl (C=O) groups excluding carboxylic acids is 1. The van der Waals surface area contributed by atoms with E-state index in [0.29, 0.717) is 55.2 Å². The van der Waals surface area contributed by atoms with Crippen molar-refractivity contribution < 1.29 is 22.5 Å². The molecule has 10 heteroatoms. The highest BCUT2D eigenvalue weighted by molar-refractivity contribution is 5.98. The number of anilines is 1. The van der Waals surface area contributed by atoms with Crippen LogP contribution in [0.1, 0.15) is 61.9 Å². The van der Waals surface area contributed by atoms with E-state index >= 15 is 0 Å². The van der Waals surface area contributed by atoms with E-state index in [9.17, 15) is 18.0 Å². The van der Waals surface area contributed by atoms with Crippen LogP contribution in [0.4, 0.5) is 19.0 Å². The zero-order valence-electron chi connectivity index (χ0n) is 23.9. The third kappa shape index (κ3) is 6.06. The molecule has 1 saturated heterocycles. The maximum Gasteiger partial charge on any atom is 0.416 e. The first kappa shape index (κ1) is 28.6. The Hall–Kier alpha value is -3.95. The molecule has 4 aromatic rings. The van der Waals surface area contributed by atoms with Gasteiger partial charge in [0.15, 0.2) is 0 Å². The summed E-state index contributed by atoms with van der Waals surface area (Å²) < 4.78 is 45.9. The zero-order valence-corrected chi connectivity index (χ0v) is 23.9. The average Bonchev–Trinajstić information content (AvgIpc) is 3.35. The molecule has 0 spiro atoms. The molecule has 3 heterocycles. The smallest absolute Gasteiger partial charge is 0.352 e. The number of amides is 1. The number of hydrogen-bond donors (Lipinski definition) is 0. The molecule has 0 unspecified atom stereocenters. The first-order valence-corrected chi connectivity index (χ1v) is 13.8.